The zero-order valence-electron chi connectivity index (χ0n) is 13.0. The van der Waals surface area contributed by atoms with Crippen LogP contribution < -0.4 is 0 Å². The van der Waals surface area contributed by atoms with E-state index in [1.165, 1.54) is 34.6 Å². The van der Waals surface area contributed by atoms with Gasteiger partial charge in [-0.15, -0.1) is 11.3 Å². The molecule has 1 aliphatic carbocycles. The first-order chi connectivity index (χ1) is 11.1. The van der Waals surface area contributed by atoms with Crippen molar-refractivity contribution in [2.24, 2.45) is 0 Å². The van der Waals surface area contributed by atoms with Crippen LogP contribution in [-0.2, 0) is 28.9 Å². The van der Waals surface area contributed by atoms with Crippen LogP contribution in [0.2, 0.25) is 0 Å². The van der Waals surface area contributed by atoms with E-state index in [2.05, 4.69) is 0 Å². The van der Waals surface area contributed by atoms with E-state index in [-0.39, 0.29) is 18.5 Å². The van der Waals surface area contributed by atoms with Crippen molar-refractivity contribution in [3.05, 3.63) is 43.8 Å². The van der Waals surface area contributed by atoms with Gasteiger partial charge in [0.2, 0.25) is 0 Å². The van der Waals surface area contributed by atoms with Crippen molar-refractivity contribution in [1.82, 2.24) is 4.90 Å². The van der Waals surface area contributed by atoms with Gasteiger partial charge >= 0.3 is 5.97 Å². The second-order valence-corrected chi connectivity index (χ2v) is 7.64. The molecule has 6 heteroatoms. The minimum absolute atomic E-state index is 0.189. The van der Waals surface area contributed by atoms with Gasteiger partial charge in [0.15, 0.2) is 6.61 Å². The Bertz CT molecular complexity index is 667. The van der Waals surface area contributed by atoms with Gasteiger partial charge in [0, 0.05) is 18.5 Å². The number of amides is 1. The van der Waals surface area contributed by atoms with Gasteiger partial charge in [-0.2, -0.15) is 11.3 Å². The molecule has 1 aliphatic rings. The average Bonchev–Trinajstić information content (AvgIpc) is 3.20. The maximum atomic E-state index is 12.1. The Morgan fingerprint density at radius 3 is 2.87 bits per heavy atom. The van der Waals surface area contributed by atoms with Crippen LogP contribution in [0, 0.1) is 0 Å². The molecule has 1 amide bonds. The zero-order chi connectivity index (χ0) is 16.2. The van der Waals surface area contributed by atoms with E-state index in [0.717, 1.165) is 18.4 Å². The lowest BCUT2D eigenvalue weighted by Gasteiger charge is -2.16. The largest absolute Gasteiger partial charge is 0.451 e. The van der Waals surface area contributed by atoms with Crippen molar-refractivity contribution in [3.63, 3.8) is 0 Å². The van der Waals surface area contributed by atoms with E-state index < -0.39 is 0 Å². The molecule has 0 aliphatic heterocycles. The molecule has 0 bridgehead atoms. The van der Waals surface area contributed by atoms with Crippen LogP contribution in [0.1, 0.15) is 38.5 Å². The van der Waals surface area contributed by atoms with E-state index in [1.807, 2.05) is 22.9 Å². The van der Waals surface area contributed by atoms with Gasteiger partial charge in [0.05, 0.1) is 0 Å². The molecule has 0 radical (unpaired) electrons. The zero-order valence-corrected chi connectivity index (χ0v) is 14.7. The number of rotatable bonds is 5. The van der Waals surface area contributed by atoms with Crippen molar-refractivity contribution in [3.8, 4) is 0 Å². The Balaban J connectivity index is 1.52. The predicted octanol–water partition coefficient (Wildman–Crippen LogP) is 3.50. The van der Waals surface area contributed by atoms with Crippen LogP contribution >= 0.6 is 22.7 Å². The van der Waals surface area contributed by atoms with Gasteiger partial charge in [-0.3, -0.25) is 4.79 Å². The third kappa shape index (κ3) is 4.00. The standard InChI is InChI=1S/C17H19NO3S2/c1-18(9-12-6-7-22-11-12)16(19)10-21-17(20)15-8-13-4-2-3-5-14(13)23-15/h6-8,11H,2-5,9-10H2,1H3. The van der Waals surface area contributed by atoms with Crippen molar-refractivity contribution < 1.29 is 14.3 Å². The lowest BCUT2D eigenvalue weighted by Crippen LogP contribution is -2.30. The van der Waals surface area contributed by atoms with Crippen LogP contribution in [0.25, 0.3) is 0 Å². The van der Waals surface area contributed by atoms with Crippen molar-refractivity contribution >= 4 is 34.6 Å². The van der Waals surface area contributed by atoms with E-state index >= 15 is 0 Å². The van der Waals surface area contributed by atoms with E-state index in [9.17, 15) is 9.59 Å². The number of fused-ring (bicyclic) bond motifs is 1. The molecule has 0 fully saturated rings. The first-order valence-electron chi connectivity index (χ1n) is 7.67. The third-order valence-corrected chi connectivity index (χ3v) is 5.90. The van der Waals surface area contributed by atoms with Crippen LogP contribution in [0.5, 0.6) is 0 Å². The summed E-state index contributed by atoms with van der Waals surface area (Å²) in [5, 5.41) is 3.98. The number of esters is 1. The molecule has 0 aromatic carbocycles. The highest BCUT2D eigenvalue weighted by molar-refractivity contribution is 7.14. The van der Waals surface area contributed by atoms with Gasteiger partial charge in [0.1, 0.15) is 4.88 Å². The summed E-state index contributed by atoms with van der Waals surface area (Å²) in [6, 6.07) is 3.91. The quantitative estimate of drug-likeness (QED) is 0.776. The topological polar surface area (TPSA) is 46.6 Å². The van der Waals surface area contributed by atoms with E-state index in [4.69, 9.17) is 4.74 Å². The first-order valence-corrected chi connectivity index (χ1v) is 9.43. The summed E-state index contributed by atoms with van der Waals surface area (Å²) in [6.07, 6.45) is 4.47. The summed E-state index contributed by atoms with van der Waals surface area (Å²) in [7, 11) is 1.72. The maximum Gasteiger partial charge on any atom is 0.348 e. The van der Waals surface area contributed by atoms with Gasteiger partial charge < -0.3 is 9.64 Å². The lowest BCUT2D eigenvalue weighted by atomic mass is 9.99. The van der Waals surface area contributed by atoms with E-state index in [0.29, 0.717) is 11.4 Å². The molecular weight excluding hydrogens is 330 g/mol. The summed E-state index contributed by atoms with van der Waals surface area (Å²) in [5.74, 6) is -0.576. The smallest absolute Gasteiger partial charge is 0.348 e. The molecule has 0 N–H and O–H groups in total. The Morgan fingerprint density at radius 2 is 2.13 bits per heavy atom. The van der Waals surface area contributed by atoms with Crippen LogP contribution in [0.3, 0.4) is 0 Å². The fourth-order valence-electron chi connectivity index (χ4n) is 2.64. The van der Waals surface area contributed by atoms with Gasteiger partial charge in [-0.25, -0.2) is 4.79 Å². The second-order valence-electron chi connectivity index (χ2n) is 5.72. The molecule has 2 aromatic heterocycles. The molecule has 0 saturated carbocycles. The fraction of sp³-hybridized carbons (Fsp3) is 0.412. The highest BCUT2D eigenvalue weighted by Crippen LogP contribution is 2.30. The average molecular weight is 349 g/mol. The third-order valence-electron chi connectivity index (χ3n) is 3.95. The summed E-state index contributed by atoms with van der Waals surface area (Å²) < 4.78 is 5.19. The molecule has 3 rings (SSSR count). The molecular formula is C17H19NO3S2. The molecule has 122 valence electrons. The number of likely N-dealkylation sites (N-methyl/N-ethyl adjacent to an activating group) is 1. The molecule has 0 atom stereocenters. The molecule has 0 saturated heterocycles. The Kier molecular flexibility index (Phi) is 5.13. The number of carbonyl (C=O) groups excluding carboxylic acids is 2. The highest BCUT2D eigenvalue weighted by atomic mass is 32.1. The molecule has 23 heavy (non-hydrogen) atoms. The van der Waals surface area contributed by atoms with Crippen molar-refractivity contribution in [1.29, 1.82) is 0 Å². The number of ether oxygens (including phenoxy) is 1. The predicted molar refractivity (Wildman–Crippen MR) is 92.0 cm³/mol. The Morgan fingerprint density at radius 1 is 1.30 bits per heavy atom. The minimum atomic E-state index is -0.387. The summed E-state index contributed by atoms with van der Waals surface area (Å²) in [4.78, 5) is 27.7. The fourth-order valence-corrected chi connectivity index (χ4v) is 4.45. The first kappa shape index (κ1) is 16.2. The van der Waals surface area contributed by atoms with Crippen LogP contribution in [0.15, 0.2) is 22.9 Å². The van der Waals surface area contributed by atoms with Crippen LogP contribution in [-0.4, -0.2) is 30.4 Å². The Labute approximate surface area is 143 Å². The number of aryl methyl sites for hydroxylation is 2. The molecule has 2 heterocycles. The minimum Gasteiger partial charge on any atom is -0.451 e. The normalized spacial score (nSPS) is 13.4. The molecule has 4 nitrogen and oxygen atoms in total. The molecule has 0 spiro atoms. The summed E-state index contributed by atoms with van der Waals surface area (Å²) in [5.41, 5.74) is 2.36. The number of hydrogen-bond acceptors (Lipinski definition) is 5. The molecule has 2 aromatic rings. The number of thiophene rings is 2. The monoisotopic (exact) mass is 349 g/mol. The van der Waals surface area contributed by atoms with E-state index in [1.54, 1.807) is 23.3 Å². The van der Waals surface area contributed by atoms with Gasteiger partial charge in [-0.1, -0.05) is 0 Å². The van der Waals surface area contributed by atoms with Crippen molar-refractivity contribution in [2.75, 3.05) is 13.7 Å². The number of hydrogen-bond donors (Lipinski definition) is 0. The Hall–Kier alpha value is -1.66. The number of carbonyl (C=O) groups is 2. The van der Waals surface area contributed by atoms with Gasteiger partial charge in [0.25, 0.3) is 5.91 Å². The summed E-state index contributed by atoms with van der Waals surface area (Å²) >= 11 is 3.11. The lowest BCUT2D eigenvalue weighted by molar-refractivity contribution is -0.133. The number of nitrogens with zero attached hydrogens (tertiary/aromatic N) is 1. The highest BCUT2D eigenvalue weighted by Gasteiger charge is 2.19. The SMILES string of the molecule is CN(Cc1ccsc1)C(=O)COC(=O)c1cc2c(s1)CCCC2. The van der Waals surface area contributed by atoms with Crippen molar-refractivity contribution in [2.45, 2.75) is 32.2 Å². The van der Waals surface area contributed by atoms with Crippen LogP contribution in [0.4, 0.5) is 0 Å². The van der Waals surface area contributed by atoms with Gasteiger partial charge in [-0.05, 0) is 59.7 Å². The second kappa shape index (κ2) is 7.27. The summed E-state index contributed by atoms with van der Waals surface area (Å²) in [6.45, 7) is 0.329. The molecule has 0 unspecified atom stereocenters. The maximum absolute atomic E-state index is 12.1.